The van der Waals surface area contributed by atoms with E-state index in [1.807, 2.05) is 19.9 Å². The molecule has 26 nitrogen and oxygen atoms in total. The van der Waals surface area contributed by atoms with Crippen LogP contribution < -0.4 is 0 Å². The Morgan fingerprint density at radius 3 is 1.76 bits per heavy atom. The fourth-order valence-corrected chi connectivity index (χ4v) is 16.1. The fourth-order valence-electron chi connectivity index (χ4n) is 16.1. The van der Waals surface area contributed by atoms with Crippen molar-refractivity contribution in [2.24, 2.45) is 40.4 Å². The minimum absolute atomic E-state index is 0.115. The van der Waals surface area contributed by atoms with Crippen LogP contribution in [0.15, 0.2) is 23.5 Å². The molecule has 0 bridgehead atoms. The Morgan fingerprint density at radius 2 is 1.13 bits per heavy atom. The number of rotatable bonds is 15. The van der Waals surface area contributed by atoms with Crippen molar-refractivity contribution in [3.05, 3.63) is 23.5 Å². The molecule has 0 amide bonds. The van der Waals surface area contributed by atoms with Crippen LogP contribution in [0.4, 0.5) is 0 Å². The summed E-state index contributed by atoms with van der Waals surface area (Å²) in [5.41, 5.74) is -0.463. The lowest BCUT2D eigenvalue weighted by Crippen LogP contribution is -2.67. The van der Waals surface area contributed by atoms with Gasteiger partial charge in [-0.1, -0.05) is 32.4 Å². The lowest BCUT2D eigenvalue weighted by molar-refractivity contribution is -0.394. The molecule has 26 heteroatoms. The molecule has 0 aromatic carbocycles. The summed E-state index contributed by atoms with van der Waals surface area (Å²) in [4.78, 5) is 0. The molecule has 3 saturated carbocycles. The number of ether oxygens (including phenoxy) is 11. The molecule has 0 aromatic heterocycles. The highest BCUT2D eigenvalue weighted by Crippen LogP contribution is 2.70. The highest BCUT2D eigenvalue weighted by atomic mass is 16.8. The average molecular weight is 1190 g/mol. The molecule has 6 heterocycles. The van der Waals surface area contributed by atoms with Crippen LogP contribution >= 0.6 is 0 Å². The summed E-state index contributed by atoms with van der Waals surface area (Å²) < 4.78 is 66.6. The van der Waals surface area contributed by atoms with Crippen LogP contribution in [0.1, 0.15) is 99.8 Å². The van der Waals surface area contributed by atoms with E-state index in [-0.39, 0.29) is 41.3 Å². The van der Waals surface area contributed by atoms with E-state index in [0.29, 0.717) is 36.9 Å². The molecule has 83 heavy (non-hydrogen) atoms. The zero-order valence-corrected chi connectivity index (χ0v) is 48.1. The maximum atomic E-state index is 12.4. The second-order valence-electron chi connectivity index (χ2n) is 26.3. The highest BCUT2D eigenvalue weighted by Gasteiger charge is 2.69. The number of aliphatic hydroxyl groups is 15. The third kappa shape index (κ3) is 11.7. The maximum Gasteiger partial charge on any atom is 0.187 e. The number of fused-ring (bicyclic) bond motifs is 7. The molecule has 476 valence electrons. The Bertz CT molecular complexity index is 2260. The van der Waals surface area contributed by atoms with Crippen LogP contribution in [0.25, 0.3) is 0 Å². The lowest BCUT2D eigenvalue weighted by atomic mass is 9.46. The van der Waals surface area contributed by atoms with Gasteiger partial charge in [0.05, 0.1) is 44.2 Å². The van der Waals surface area contributed by atoms with Crippen molar-refractivity contribution in [3.8, 4) is 0 Å². The molecule has 35 unspecified atom stereocenters. The van der Waals surface area contributed by atoms with E-state index in [0.717, 1.165) is 32.1 Å². The van der Waals surface area contributed by atoms with Gasteiger partial charge in [0.1, 0.15) is 121 Å². The number of hydrogen-bond donors (Lipinski definition) is 15. The Hall–Kier alpha value is -1.72. The van der Waals surface area contributed by atoms with Gasteiger partial charge in [0.15, 0.2) is 31.5 Å². The zero-order valence-electron chi connectivity index (χ0n) is 48.1. The van der Waals surface area contributed by atoms with Crippen LogP contribution in [0, 0.1) is 40.4 Å². The summed E-state index contributed by atoms with van der Waals surface area (Å²) in [6, 6.07) is 0. The van der Waals surface area contributed by atoms with E-state index < -0.39 is 178 Å². The quantitative estimate of drug-likeness (QED) is 0.0718. The van der Waals surface area contributed by atoms with Crippen molar-refractivity contribution in [3.63, 3.8) is 0 Å². The number of hydrogen-bond acceptors (Lipinski definition) is 26. The molecule has 35 atom stereocenters. The predicted molar refractivity (Wildman–Crippen MR) is 280 cm³/mol. The van der Waals surface area contributed by atoms with Gasteiger partial charge in [-0.3, -0.25) is 0 Å². The minimum atomic E-state index is -1.89. The first kappa shape index (κ1) is 64.3. The monoisotopic (exact) mass is 1190 g/mol. The first-order valence-electron chi connectivity index (χ1n) is 29.8. The van der Waals surface area contributed by atoms with Gasteiger partial charge in [0.2, 0.25) is 0 Å². The third-order valence-electron chi connectivity index (χ3n) is 20.9. The van der Waals surface area contributed by atoms with Crippen LogP contribution in [-0.4, -0.2) is 268 Å². The second kappa shape index (κ2) is 24.9. The molecule has 0 spiro atoms. The number of allylic oxidation sites excluding steroid dienone is 2. The van der Waals surface area contributed by atoms with Crippen molar-refractivity contribution >= 4 is 0 Å². The van der Waals surface area contributed by atoms with Crippen molar-refractivity contribution in [2.45, 2.75) is 271 Å². The van der Waals surface area contributed by atoms with E-state index in [2.05, 4.69) is 19.9 Å². The summed E-state index contributed by atoms with van der Waals surface area (Å²) in [6.07, 6.45) is -28.2. The Balaban J connectivity index is 0.796. The minimum Gasteiger partial charge on any atom is -0.492 e. The summed E-state index contributed by atoms with van der Waals surface area (Å²) in [5.74, 6) is 1.15. The van der Waals surface area contributed by atoms with Crippen LogP contribution in [0.3, 0.4) is 0 Å². The van der Waals surface area contributed by atoms with E-state index in [9.17, 15) is 76.6 Å². The fraction of sp³-hybridized carbons (Fsp3) is 0.930. The van der Waals surface area contributed by atoms with Gasteiger partial charge in [-0.25, -0.2) is 0 Å². The van der Waals surface area contributed by atoms with Gasteiger partial charge in [-0.2, -0.15) is 0 Å². The largest absolute Gasteiger partial charge is 0.492 e. The molecule has 4 aliphatic carbocycles. The molecular weight excluding hydrogens is 1100 g/mol. The van der Waals surface area contributed by atoms with Crippen molar-refractivity contribution in [1.29, 1.82) is 0 Å². The highest BCUT2D eigenvalue weighted by molar-refractivity contribution is 5.29. The van der Waals surface area contributed by atoms with Gasteiger partial charge in [-0.05, 0) is 120 Å². The summed E-state index contributed by atoms with van der Waals surface area (Å²) in [7, 11) is 0. The molecule has 10 aliphatic rings. The Kier molecular flexibility index (Phi) is 19.3. The van der Waals surface area contributed by atoms with Crippen molar-refractivity contribution in [1.82, 2.24) is 0 Å². The van der Waals surface area contributed by atoms with Gasteiger partial charge in [0, 0.05) is 5.92 Å². The first-order chi connectivity index (χ1) is 39.1. The van der Waals surface area contributed by atoms with Gasteiger partial charge >= 0.3 is 0 Å². The van der Waals surface area contributed by atoms with Crippen molar-refractivity contribution < 1.29 is 129 Å². The normalized spacial score (nSPS) is 55.4. The standard InChI is InChI=1S/C57H92O26/c1-21(20-73-50-41(67)39(65)36(62)31(18-58)79-50)8-11-33-57(7,72)49-30(78-33)17-29-27-10-9-25-16-26(12-14-55(25,5)28(27)13-15-56(29,49)6)77-54-48(83-52-43(69)38(64)35(61)23(3)75-52)45(71)47(32(19-59)80-54)82-53-44(70)40(66)46(24(4)76-53)81-51-42(68)37(63)34(60)22(2)74-51/h9,11,21-24,26-32,34-54,58-72H,8,10,12-20H2,1-7H3. The third-order valence-corrected chi connectivity index (χ3v) is 20.9. The SMILES string of the molecule is CC(CC=C1OC2CC3C4CC=C5CC(OC6OC(CO)C(OC7OC(C)C(OC8OC(C)C(O)C(O)C8O)C(O)C7O)C(O)C6OC6OC(C)C(O)C(O)C6O)CCC5(C)C4CCC3(C)C2C1(C)O)COC1OC(CO)C(O)C(O)C1O. The average Bonchev–Trinajstić information content (AvgIpc) is 3.21. The van der Waals surface area contributed by atoms with Gasteiger partial charge in [-0.15, -0.1) is 0 Å². The lowest BCUT2D eigenvalue weighted by Gasteiger charge is -2.58. The van der Waals surface area contributed by atoms with Crippen LogP contribution in [0.2, 0.25) is 0 Å². The first-order valence-corrected chi connectivity index (χ1v) is 29.8. The molecule has 0 aromatic rings. The maximum absolute atomic E-state index is 12.4. The van der Waals surface area contributed by atoms with Crippen molar-refractivity contribution in [2.75, 3.05) is 19.8 Å². The molecular formula is C57H92O26. The van der Waals surface area contributed by atoms with E-state index >= 15 is 0 Å². The second-order valence-corrected chi connectivity index (χ2v) is 26.3. The Labute approximate surface area is 482 Å². The molecule has 9 fully saturated rings. The summed E-state index contributed by atoms with van der Waals surface area (Å²) in [6.45, 7) is 11.6. The Morgan fingerprint density at radius 1 is 0.578 bits per heavy atom. The molecule has 15 N–H and O–H groups in total. The zero-order chi connectivity index (χ0) is 60.1. The molecule has 10 rings (SSSR count). The van der Waals surface area contributed by atoms with Gasteiger partial charge in [0.25, 0.3) is 0 Å². The predicted octanol–water partition coefficient (Wildman–Crippen LogP) is -3.21. The van der Waals surface area contributed by atoms with Crippen LogP contribution in [-0.2, 0) is 52.1 Å². The smallest absolute Gasteiger partial charge is 0.187 e. The summed E-state index contributed by atoms with van der Waals surface area (Å²) >= 11 is 0. The van der Waals surface area contributed by atoms with Gasteiger partial charge < -0.3 is 129 Å². The van der Waals surface area contributed by atoms with E-state index in [4.69, 9.17) is 52.1 Å². The number of aliphatic hydroxyl groups excluding tert-OH is 14. The topological polar surface area (TPSA) is 405 Å². The molecule has 6 aliphatic heterocycles. The van der Waals surface area contributed by atoms with E-state index in [1.54, 1.807) is 0 Å². The molecule has 6 saturated heterocycles. The van der Waals surface area contributed by atoms with Crippen LogP contribution in [0.5, 0.6) is 0 Å². The summed E-state index contributed by atoms with van der Waals surface area (Å²) in [5, 5.41) is 162. The van der Waals surface area contributed by atoms with E-state index in [1.165, 1.54) is 26.3 Å². The molecule has 0 radical (unpaired) electrons.